The summed E-state index contributed by atoms with van der Waals surface area (Å²) in [4.78, 5) is 3.93. The number of halogens is 2. The Balaban J connectivity index is 2.26. The summed E-state index contributed by atoms with van der Waals surface area (Å²) in [5, 5.41) is 0.411. The number of nitrogens with zero attached hydrogens (tertiary/aromatic N) is 1. The highest BCUT2D eigenvalue weighted by atomic mass is 35.5. The van der Waals surface area contributed by atoms with Crippen molar-refractivity contribution in [2.75, 3.05) is 0 Å². The first-order chi connectivity index (χ1) is 9.10. The van der Waals surface area contributed by atoms with E-state index in [1.807, 2.05) is 13.0 Å². The zero-order valence-corrected chi connectivity index (χ0v) is 11.3. The number of hydrogen-bond acceptors (Lipinski definition) is 3. The van der Waals surface area contributed by atoms with Gasteiger partial charge >= 0.3 is 0 Å². The molecular weight excluding hydrogens is 265 g/mol. The summed E-state index contributed by atoms with van der Waals surface area (Å²) in [6.07, 6.45) is 2.21. The lowest BCUT2D eigenvalue weighted by atomic mass is 9.97. The van der Waals surface area contributed by atoms with Crippen molar-refractivity contribution in [3.63, 3.8) is 0 Å². The van der Waals surface area contributed by atoms with E-state index in [0.29, 0.717) is 11.6 Å². The quantitative estimate of drug-likeness (QED) is 0.514. The fourth-order valence-electron chi connectivity index (χ4n) is 1.99. The Bertz CT molecular complexity index is 574. The minimum atomic E-state index is -0.246. The molecule has 2 aromatic rings. The van der Waals surface area contributed by atoms with Crippen LogP contribution in [0.4, 0.5) is 4.39 Å². The second kappa shape index (κ2) is 6.10. The predicted octanol–water partition coefficient (Wildman–Crippen LogP) is 2.93. The number of hydrazine groups is 1. The van der Waals surface area contributed by atoms with Crippen LogP contribution in [0.15, 0.2) is 36.5 Å². The zero-order chi connectivity index (χ0) is 13.8. The van der Waals surface area contributed by atoms with Crippen LogP contribution in [0.1, 0.15) is 22.7 Å². The Hall–Kier alpha value is -1.49. The van der Waals surface area contributed by atoms with Gasteiger partial charge in [0, 0.05) is 6.20 Å². The van der Waals surface area contributed by atoms with Crippen molar-refractivity contribution in [1.29, 1.82) is 0 Å². The van der Waals surface area contributed by atoms with Gasteiger partial charge < -0.3 is 0 Å². The van der Waals surface area contributed by atoms with Crippen LogP contribution >= 0.6 is 11.6 Å². The van der Waals surface area contributed by atoms with E-state index in [2.05, 4.69) is 10.4 Å². The van der Waals surface area contributed by atoms with E-state index in [1.165, 1.54) is 12.1 Å². The lowest BCUT2D eigenvalue weighted by Crippen LogP contribution is -2.29. The minimum absolute atomic E-state index is 0.138. The van der Waals surface area contributed by atoms with E-state index < -0.39 is 0 Å². The average Bonchev–Trinajstić information content (AvgIpc) is 2.39. The van der Waals surface area contributed by atoms with E-state index in [-0.39, 0.29) is 11.9 Å². The number of aromatic nitrogens is 1. The first kappa shape index (κ1) is 13.9. The number of benzene rings is 1. The van der Waals surface area contributed by atoms with Crippen molar-refractivity contribution in [3.8, 4) is 0 Å². The van der Waals surface area contributed by atoms with Crippen molar-refractivity contribution in [1.82, 2.24) is 10.4 Å². The number of nitrogens with two attached hydrogens (primary N) is 1. The van der Waals surface area contributed by atoms with Gasteiger partial charge in [-0.15, -0.1) is 0 Å². The van der Waals surface area contributed by atoms with Crippen molar-refractivity contribution in [2.24, 2.45) is 5.84 Å². The molecule has 3 nitrogen and oxygen atoms in total. The Labute approximate surface area is 116 Å². The number of hydrogen-bond donors (Lipinski definition) is 2. The van der Waals surface area contributed by atoms with Gasteiger partial charge in [-0.2, -0.15) is 0 Å². The molecule has 1 atom stereocenters. The summed E-state index contributed by atoms with van der Waals surface area (Å²) < 4.78 is 13.3. The predicted molar refractivity (Wildman–Crippen MR) is 74.2 cm³/mol. The molecule has 0 aliphatic heterocycles. The van der Waals surface area contributed by atoms with Gasteiger partial charge in [-0.25, -0.2) is 9.37 Å². The molecule has 0 saturated carbocycles. The number of pyridine rings is 1. The smallest absolute Gasteiger partial charge is 0.129 e. The normalized spacial score (nSPS) is 12.4. The average molecular weight is 280 g/mol. The van der Waals surface area contributed by atoms with Crippen LogP contribution in [-0.4, -0.2) is 4.98 Å². The molecule has 19 heavy (non-hydrogen) atoms. The molecular formula is C14H15ClFN3. The molecule has 1 unspecified atom stereocenters. The van der Waals surface area contributed by atoms with E-state index in [0.717, 1.165) is 16.7 Å². The van der Waals surface area contributed by atoms with E-state index in [9.17, 15) is 4.39 Å². The van der Waals surface area contributed by atoms with Gasteiger partial charge in [-0.05, 0) is 54.3 Å². The Morgan fingerprint density at radius 1 is 1.37 bits per heavy atom. The molecule has 0 aliphatic carbocycles. The summed E-state index contributed by atoms with van der Waals surface area (Å²) >= 11 is 5.87. The van der Waals surface area contributed by atoms with Crippen molar-refractivity contribution in [3.05, 3.63) is 64.2 Å². The molecule has 1 heterocycles. The molecule has 0 saturated heterocycles. The summed E-state index contributed by atoms with van der Waals surface area (Å²) in [6, 6.07) is 8.19. The first-order valence-electron chi connectivity index (χ1n) is 5.92. The molecule has 2 rings (SSSR count). The third-order valence-electron chi connectivity index (χ3n) is 3.09. The molecule has 0 aliphatic rings. The summed E-state index contributed by atoms with van der Waals surface area (Å²) in [6.45, 7) is 1.95. The second-order valence-corrected chi connectivity index (χ2v) is 4.79. The van der Waals surface area contributed by atoms with Crippen LogP contribution in [-0.2, 0) is 6.42 Å². The highest BCUT2D eigenvalue weighted by molar-refractivity contribution is 6.29. The molecule has 0 spiro atoms. The third kappa shape index (κ3) is 3.50. The molecule has 1 aromatic heterocycles. The van der Waals surface area contributed by atoms with Gasteiger partial charge in [-0.3, -0.25) is 11.3 Å². The molecule has 5 heteroatoms. The van der Waals surface area contributed by atoms with Crippen LogP contribution in [0.25, 0.3) is 0 Å². The Kier molecular flexibility index (Phi) is 4.47. The van der Waals surface area contributed by atoms with Gasteiger partial charge in [0.25, 0.3) is 0 Å². The first-order valence-corrected chi connectivity index (χ1v) is 6.30. The van der Waals surface area contributed by atoms with Crippen LogP contribution in [0.3, 0.4) is 0 Å². The van der Waals surface area contributed by atoms with Crippen molar-refractivity contribution >= 4 is 11.6 Å². The lowest BCUT2D eigenvalue weighted by molar-refractivity contribution is 0.547. The monoisotopic (exact) mass is 279 g/mol. The largest absolute Gasteiger partial charge is 0.271 e. The maximum absolute atomic E-state index is 13.3. The fourth-order valence-corrected chi connectivity index (χ4v) is 2.17. The lowest BCUT2D eigenvalue weighted by Gasteiger charge is -2.17. The SMILES string of the molecule is Cc1ccc(F)cc1CC(NN)c1ccnc(Cl)c1. The fraction of sp³-hybridized carbons (Fsp3) is 0.214. The maximum atomic E-state index is 13.3. The van der Waals surface area contributed by atoms with Gasteiger partial charge in [-0.1, -0.05) is 17.7 Å². The van der Waals surface area contributed by atoms with Crippen molar-refractivity contribution in [2.45, 2.75) is 19.4 Å². The minimum Gasteiger partial charge on any atom is -0.271 e. The topological polar surface area (TPSA) is 50.9 Å². The second-order valence-electron chi connectivity index (χ2n) is 4.41. The summed E-state index contributed by atoms with van der Waals surface area (Å²) in [7, 11) is 0. The van der Waals surface area contributed by atoms with E-state index in [1.54, 1.807) is 18.3 Å². The Morgan fingerprint density at radius 2 is 2.16 bits per heavy atom. The van der Waals surface area contributed by atoms with E-state index in [4.69, 9.17) is 17.4 Å². The molecule has 100 valence electrons. The zero-order valence-electron chi connectivity index (χ0n) is 10.5. The molecule has 0 bridgehead atoms. The number of aryl methyl sites for hydroxylation is 1. The van der Waals surface area contributed by atoms with Crippen molar-refractivity contribution < 1.29 is 4.39 Å². The number of nitrogens with one attached hydrogen (secondary N) is 1. The molecule has 0 amide bonds. The van der Waals surface area contributed by atoms with Crippen LogP contribution in [0.5, 0.6) is 0 Å². The third-order valence-corrected chi connectivity index (χ3v) is 3.30. The van der Waals surface area contributed by atoms with Gasteiger partial charge in [0.05, 0.1) is 6.04 Å². The maximum Gasteiger partial charge on any atom is 0.129 e. The van der Waals surface area contributed by atoms with Gasteiger partial charge in [0.1, 0.15) is 11.0 Å². The van der Waals surface area contributed by atoms with Crippen LogP contribution < -0.4 is 11.3 Å². The van der Waals surface area contributed by atoms with Crippen LogP contribution in [0, 0.1) is 12.7 Å². The highest BCUT2D eigenvalue weighted by Crippen LogP contribution is 2.22. The molecule has 3 N–H and O–H groups in total. The summed E-state index contributed by atoms with van der Waals surface area (Å²) in [5.41, 5.74) is 5.60. The van der Waals surface area contributed by atoms with Gasteiger partial charge in [0.2, 0.25) is 0 Å². The molecule has 0 fully saturated rings. The van der Waals surface area contributed by atoms with Crippen LogP contribution in [0.2, 0.25) is 5.15 Å². The van der Waals surface area contributed by atoms with E-state index >= 15 is 0 Å². The molecule has 0 radical (unpaired) electrons. The highest BCUT2D eigenvalue weighted by Gasteiger charge is 2.13. The Morgan fingerprint density at radius 3 is 2.84 bits per heavy atom. The summed E-state index contributed by atoms with van der Waals surface area (Å²) in [5.74, 6) is 5.34. The van der Waals surface area contributed by atoms with Gasteiger partial charge in [0.15, 0.2) is 0 Å². The standard InChI is InChI=1S/C14H15ClFN3/c1-9-2-3-12(16)6-11(9)7-13(19-17)10-4-5-18-14(15)8-10/h2-6,8,13,19H,7,17H2,1H3. The number of rotatable bonds is 4. The molecule has 1 aromatic carbocycles.